The molecule has 0 radical (unpaired) electrons. The Kier molecular flexibility index (Phi) is 6.09. The molecule has 0 spiro atoms. The van der Waals surface area contributed by atoms with Gasteiger partial charge in [-0.15, -0.1) is 11.3 Å². The molecule has 20 heavy (non-hydrogen) atoms. The molecule has 4 heteroatoms. The number of hydrogen-bond donors (Lipinski definition) is 1. The smallest absolute Gasteiger partial charge is 0.0682 e. The van der Waals surface area contributed by atoms with Crippen molar-refractivity contribution in [2.75, 3.05) is 6.54 Å². The first-order valence-electron chi connectivity index (χ1n) is 6.92. The van der Waals surface area contributed by atoms with Crippen LogP contribution in [0, 0.1) is 0 Å². The van der Waals surface area contributed by atoms with Crippen molar-refractivity contribution in [1.29, 1.82) is 0 Å². The van der Waals surface area contributed by atoms with Crippen LogP contribution in [-0.4, -0.2) is 6.54 Å². The van der Waals surface area contributed by atoms with Crippen molar-refractivity contribution < 1.29 is 0 Å². The fourth-order valence-electron chi connectivity index (χ4n) is 2.13. The number of thiophene rings is 1. The maximum atomic E-state index is 6.17. The van der Waals surface area contributed by atoms with E-state index in [-0.39, 0.29) is 6.04 Å². The van der Waals surface area contributed by atoms with E-state index in [0.29, 0.717) is 0 Å². The molecule has 1 N–H and O–H groups in total. The zero-order chi connectivity index (χ0) is 14.5. The number of rotatable bonds is 6. The van der Waals surface area contributed by atoms with Crippen LogP contribution >= 0.6 is 38.9 Å². The highest BCUT2D eigenvalue weighted by Crippen LogP contribution is 2.34. The average Bonchev–Trinajstić information content (AvgIpc) is 2.92. The Morgan fingerprint density at radius 1 is 1.25 bits per heavy atom. The maximum absolute atomic E-state index is 6.17. The van der Waals surface area contributed by atoms with Gasteiger partial charge in [-0.05, 0) is 55.3 Å². The highest BCUT2D eigenvalue weighted by Gasteiger charge is 2.18. The third-order valence-electron chi connectivity index (χ3n) is 3.18. The summed E-state index contributed by atoms with van der Waals surface area (Å²) >= 11 is 11.7. The van der Waals surface area contributed by atoms with Crippen LogP contribution in [0.5, 0.6) is 0 Å². The minimum Gasteiger partial charge on any atom is -0.306 e. The first-order valence-corrected chi connectivity index (χ1v) is 8.91. The van der Waals surface area contributed by atoms with Gasteiger partial charge < -0.3 is 5.32 Å². The Balaban J connectivity index is 2.38. The quantitative estimate of drug-likeness (QED) is 0.674. The van der Waals surface area contributed by atoms with Crippen LogP contribution in [-0.2, 0) is 6.42 Å². The second kappa shape index (κ2) is 7.60. The van der Waals surface area contributed by atoms with Gasteiger partial charge in [0.15, 0.2) is 0 Å². The fourth-order valence-corrected chi connectivity index (χ4v) is 3.83. The topological polar surface area (TPSA) is 12.0 Å². The lowest BCUT2D eigenvalue weighted by Gasteiger charge is -2.19. The molecule has 1 unspecified atom stereocenters. The second-order valence-electron chi connectivity index (χ2n) is 4.71. The predicted octanol–water partition coefficient (Wildman–Crippen LogP) is 5.82. The van der Waals surface area contributed by atoms with Gasteiger partial charge in [-0.3, -0.25) is 0 Å². The normalized spacial score (nSPS) is 12.6. The van der Waals surface area contributed by atoms with E-state index in [1.165, 1.54) is 15.3 Å². The molecule has 1 heterocycles. The minimum absolute atomic E-state index is 0.202. The molecule has 0 bridgehead atoms. The monoisotopic (exact) mass is 371 g/mol. The van der Waals surface area contributed by atoms with Gasteiger partial charge in [-0.25, -0.2) is 0 Å². The largest absolute Gasteiger partial charge is 0.306 e. The van der Waals surface area contributed by atoms with E-state index in [1.54, 1.807) is 0 Å². The molecule has 1 atom stereocenters. The van der Waals surface area contributed by atoms with Crippen LogP contribution in [0.1, 0.15) is 41.6 Å². The van der Waals surface area contributed by atoms with Crippen molar-refractivity contribution >= 4 is 38.9 Å². The van der Waals surface area contributed by atoms with Crippen LogP contribution in [0.25, 0.3) is 0 Å². The summed E-state index contributed by atoms with van der Waals surface area (Å²) in [4.78, 5) is 2.76. The second-order valence-corrected chi connectivity index (χ2v) is 7.20. The molecular weight excluding hydrogens is 354 g/mol. The molecule has 0 saturated heterocycles. The summed E-state index contributed by atoms with van der Waals surface area (Å²) < 4.78 is 1.10. The SMILES string of the molecule is CCCNC(c1ccc(CC)s1)c1cc(Cl)ccc1Br. The van der Waals surface area contributed by atoms with Crippen LogP contribution in [0.2, 0.25) is 5.02 Å². The number of aryl methyl sites for hydroxylation is 1. The fraction of sp³-hybridized carbons (Fsp3) is 0.375. The first kappa shape index (κ1) is 16.0. The molecule has 0 aliphatic heterocycles. The summed E-state index contributed by atoms with van der Waals surface area (Å²) in [6.07, 6.45) is 2.20. The molecular formula is C16H19BrClNS. The van der Waals surface area contributed by atoms with Crippen LogP contribution in [0.3, 0.4) is 0 Å². The van der Waals surface area contributed by atoms with Crippen molar-refractivity contribution in [2.24, 2.45) is 0 Å². The number of halogens is 2. The van der Waals surface area contributed by atoms with Gasteiger partial charge >= 0.3 is 0 Å². The summed E-state index contributed by atoms with van der Waals surface area (Å²) in [6, 6.07) is 10.6. The van der Waals surface area contributed by atoms with Crippen LogP contribution in [0.4, 0.5) is 0 Å². The Morgan fingerprint density at radius 3 is 2.70 bits per heavy atom. The molecule has 1 aromatic heterocycles. The van der Waals surface area contributed by atoms with Gasteiger partial charge in [0.2, 0.25) is 0 Å². The lowest BCUT2D eigenvalue weighted by Crippen LogP contribution is -2.22. The predicted molar refractivity (Wildman–Crippen MR) is 93.0 cm³/mol. The van der Waals surface area contributed by atoms with E-state index in [4.69, 9.17) is 11.6 Å². The molecule has 2 aromatic rings. The Morgan fingerprint density at radius 2 is 2.05 bits per heavy atom. The lowest BCUT2D eigenvalue weighted by molar-refractivity contribution is 0.604. The Bertz CT molecular complexity index is 567. The third kappa shape index (κ3) is 3.85. The van der Waals surface area contributed by atoms with E-state index in [2.05, 4.69) is 47.2 Å². The van der Waals surface area contributed by atoms with Gasteiger partial charge in [0.05, 0.1) is 6.04 Å². The third-order valence-corrected chi connectivity index (χ3v) is 5.43. The van der Waals surface area contributed by atoms with Crippen molar-refractivity contribution in [3.05, 3.63) is 55.1 Å². The number of benzene rings is 1. The van der Waals surface area contributed by atoms with Crippen molar-refractivity contribution in [3.8, 4) is 0 Å². The van der Waals surface area contributed by atoms with Crippen molar-refractivity contribution in [2.45, 2.75) is 32.7 Å². The summed E-state index contributed by atoms with van der Waals surface area (Å²) in [5, 5.41) is 4.41. The zero-order valence-electron chi connectivity index (χ0n) is 11.7. The minimum atomic E-state index is 0.202. The van der Waals surface area contributed by atoms with Gasteiger partial charge in [0.1, 0.15) is 0 Å². The van der Waals surface area contributed by atoms with Gasteiger partial charge in [-0.2, -0.15) is 0 Å². The summed E-state index contributed by atoms with van der Waals surface area (Å²) in [5.41, 5.74) is 1.20. The van der Waals surface area contributed by atoms with Crippen molar-refractivity contribution in [3.63, 3.8) is 0 Å². The molecule has 0 fully saturated rings. The average molecular weight is 373 g/mol. The Labute approximate surface area is 138 Å². The molecule has 0 saturated carbocycles. The summed E-state index contributed by atoms with van der Waals surface area (Å²) in [6.45, 7) is 5.37. The van der Waals surface area contributed by atoms with E-state index < -0.39 is 0 Å². The molecule has 0 aliphatic carbocycles. The molecule has 0 aliphatic rings. The van der Waals surface area contributed by atoms with E-state index in [9.17, 15) is 0 Å². The van der Waals surface area contributed by atoms with Crippen LogP contribution < -0.4 is 5.32 Å². The maximum Gasteiger partial charge on any atom is 0.0682 e. The standard InChI is InChI=1S/C16H19BrClNS/c1-3-9-19-16(15-8-6-12(4-2)20-15)13-10-11(18)5-7-14(13)17/h5-8,10,16,19H,3-4,9H2,1-2H3. The number of nitrogens with one attached hydrogen (secondary N) is 1. The van der Waals surface area contributed by atoms with E-state index in [0.717, 1.165) is 28.9 Å². The highest BCUT2D eigenvalue weighted by atomic mass is 79.9. The highest BCUT2D eigenvalue weighted by molar-refractivity contribution is 9.10. The molecule has 1 aromatic carbocycles. The summed E-state index contributed by atoms with van der Waals surface area (Å²) in [7, 11) is 0. The number of hydrogen-bond acceptors (Lipinski definition) is 2. The Hall–Kier alpha value is -0.350. The lowest BCUT2D eigenvalue weighted by atomic mass is 10.1. The first-order chi connectivity index (χ1) is 9.65. The van der Waals surface area contributed by atoms with E-state index >= 15 is 0 Å². The molecule has 0 amide bonds. The summed E-state index contributed by atoms with van der Waals surface area (Å²) in [5.74, 6) is 0. The van der Waals surface area contributed by atoms with Gasteiger partial charge in [0, 0.05) is 19.2 Å². The van der Waals surface area contributed by atoms with Crippen LogP contribution in [0.15, 0.2) is 34.8 Å². The molecule has 2 rings (SSSR count). The zero-order valence-corrected chi connectivity index (χ0v) is 14.9. The van der Waals surface area contributed by atoms with Gasteiger partial charge in [-0.1, -0.05) is 41.4 Å². The molecule has 108 valence electrons. The van der Waals surface area contributed by atoms with E-state index in [1.807, 2.05) is 29.5 Å². The van der Waals surface area contributed by atoms with Crippen molar-refractivity contribution in [1.82, 2.24) is 5.32 Å². The van der Waals surface area contributed by atoms with Gasteiger partial charge in [0.25, 0.3) is 0 Å². The molecule has 1 nitrogen and oxygen atoms in total.